The predicted octanol–water partition coefficient (Wildman–Crippen LogP) is 3.16. The van der Waals surface area contributed by atoms with Crippen LogP contribution < -0.4 is 16.0 Å². The van der Waals surface area contributed by atoms with E-state index in [1.165, 1.54) is 0 Å². The van der Waals surface area contributed by atoms with Gasteiger partial charge in [0.05, 0.1) is 11.8 Å². The first-order chi connectivity index (χ1) is 11.8. The number of rotatable bonds is 3. The third-order valence-corrected chi connectivity index (χ3v) is 6.14. The Morgan fingerprint density at radius 3 is 2.76 bits per heavy atom. The minimum Gasteiger partial charge on any atom is -0.357 e. The molecule has 1 saturated heterocycles. The molecule has 1 aliphatic carbocycles. The minimum atomic E-state index is -4.22. The molecule has 2 aromatic heterocycles. The van der Waals surface area contributed by atoms with E-state index in [2.05, 4.69) is 20.2 Å². The number of nitrogens with one attached hydrogen (secondary N) is 1. The number of hydrogen-bond donors (Lipinski definition) is 2. The molecule has 0 amide bonds. The average molecular weight is 371 g/mol. The highest BCUT2D eigenvalue weighted by Gasteiger charge is 2.48. The van der Waals surface area contributed by atoms with Crippen molar-refractivity contribution in [2.75, 3.05) is 30.4 Å². The summed E-state index contributed by atoms with van der Waals surface area (Å²) in [4.78, 5) is 11.9. The summed E-state index contributed by atoms with van der Waals surface area (Å²) >= 11 is 1.09. The van der Waals surface area contributed by atoms with Crippen molar-refractivity contribution < 1.29 is 13.2 Å². The van der Waals surface area contributed by atoms with E-state index in [9.17, 15) is 13.2 Å². The van der Waals surface area contributed by atoms with Gasteiger partial charge in [0.1, 0.15) is 10.6 Å². The van der Waals surface area contributed by atoms with E-state index < -0.39 is 12.6 Å². The van der Waals surface area contributed by atoms with Gasteiger partial charge in [-0.3, -0.25) is 0 Å². The lowest BCUT2D eigenvalue weighted by molar-refractivity contribution is -0.126. The van der Waals surface area contributed by atoms with E-state index in [0.29, 0.717) is 16.2 Å². The standard InChI is InChI=1S/C16H20F3N5S/c1-21-14-22-12(24-7-15(8-24)3-2-9(20)5-15)11-4-10(6-16(17,18)19)25-13(11)23-14/h4,9H,2-3,5-8,20H2,1H3,(H,21,22,23). The van der Waals surface area contributed by atoms with Crippen LogP contribution in [0.1, 0.15) is 24.1 Å². The number of hydrogen-bond acceptors (Lipinski definition) is 6. The summed E-state index contributed by atoms with van der Waals surface area (Å²) < 4.78 is 38.2. The summed E-state index contributed by atoms with van der Waals surface area (Å²) in [5.74, 6) is 1.16. The Kier molecular flexibility index (Phi) is 3.84. The molecule has 3 heterocycles. The average Bonchev–Trinajstić information content (AvgIpc) is 3.05. The van der Waals surface area contributed by atoms with Crippen LogP contribution in [-0.2, 0) is 6.42 Å². The molecule has 0 radical (unpaired) electrons. The molecule has 1 spiro atoms. The van der Waals surface area contributed by atoms with Gasteiger partial charge in [-0.15, -0.1) is 11.3 Å². The van der Waals surface area contributed by atoms with Crippen LogP contribution in [0.15, 0.2) is 6.07 Å². The van der Waals surface area contributed by atoms with Gasteiger partial charge in [-0.1, -0.05) is 0 Å². The SMILES string of the molecule is CNc1nc(N2CC3(CCC(N)C3)C2)c2cc(CC(F)(F)F)sc2n1. The lowest BCUT2D eigenvalue weighted by Gasteiger charge is -2.49. The van der Waals surface area contributed by atoms with Gasteiger partial charge in [0, 0.05) is 36.5 Å². The fourth-order valence-corrected chi connectivity index (χ4v) is 5.10. The molecule has 0 bridgehead atoms. The van der Waals surface area contributed by atoms with Crippen molar-refractivity contribution in [1.29, 1.82) is 0 Å². The largest absolute Gasteiger partial charge is 0.393 e. The second kappa shape index (κ2) is 5.70. The van der Waals surface area contributed by atoms with Gasteiger partial charge < -0.3 is 16.0 Å². The van der Waals surface area contributed by atoms with Crippen LogP contribution in [0, 0.1) is 5.41 Å². The van der Waals surface area contributed by atoms with E-state index in [-0.39, 0.29) is 16.3 Å². The molecule has 9 heteroatoms. The Morgan fingerprint density at radius 1 is 1.40 bits per heavy atom. The van der Waals surface area contributed by atoms with Gasteiger partial charge in [0.2, 0.25) is 5.95 Å². The first-order valence-electron chi connectivity index (χ1n) is 8.32. The molecule has 2 fully saturated rings. The number of thiophene rings is 1. The highest BCUT2D eigenvalue weighted by Crippen LogP contribution is 2.48. The van der Waals surface area contributed by atoms with Crippen molar-refractivity contribution in [3.63, 3.8) is 0 Å². The number of aromatic nitrogens is 2. The maximum absolute atomic E-state index is 12.7. The van der Waals surface area contributed by atoms with Crippen molar-refractivity contribution in [1.82, 2.24) is 9.97 Å². The Bertz CT molecular complexity index is 797. The molecule has 1 unspecified atom stereocenters. The second-order valence-corrected chi connectivity index (χ2v) is 8.32. The first kappa shape index (κ1) is 16.8. The molecule has 2 aromatic rings. The quantitative estimate of drug-likeness (QED) is 0.868. The minimum absolute atomic E-state index is 0.251. The van der Waals surface area contributed by atoms with Crippen LogP contribution in [0.4, 0.5) is 24.9 Å². The number of anilines is 2. The van der Waals surface area contributed by atoms with Gasteiger partial charge in [0.15, 0.2) is 0 Å². The zero-order chi connectivity index (χ0) is 17.8. The summed E-state index contributed by atoms with van der Waals surface area (Å²) in [6, 6.07) is 1.85. The van der Waals surface area contributed by atoms with E-state index in [4.69, 9.17) is 5.73 Å². The lowest BCUT2D eigenvalue weighted by Crippen LogP contribution is -2.56. The summed E-state index contributed by atoms with van der Waals surface area (Å²) in [7, 11) is 1.71. The number of nitrogens with zero attached hydrogens (tertiary/aromatic N) is 3. The summed E-state index contributed by atoms with van der Waals surface area (Å²) in [6.45, 7) is 1.72. The molecule has 2 aliphatic rings. The van der Waals surface area contributed by atoms with Gasteiger partial charge >= 0.3 is 6.18 Å². The Labute approximate surface area is 147 Å². The highest BCUT2D eigenvalue weighted by molar-refractivity contribution is 7.18. The van der Waals surface area contributed by atoms with Gasteiger partial charge in [-0.2, -0.15) is 18.2 Å². The van der Waals surface area contributed by atoms with Gasteiger partial charge in [0.25, 0.3) is 0 Å². The van der Waals surface area contributed by atoms with E-state index in [1.54, 1.807) is 13.1 Å². The van der Waals surface area contributed by atoms with Gasteiger partial charge in [-0.05, 0) is 25.3 Å². The first-order valence-corrected chi connectivity index (χ1v) is 9.14. The molecular formula is C16H20F3N5S. The van der Waals surface area contributed by atoms with Crippen molar-refractivity contribution >= 4 is 33.3 Å². The van der Waals surface area contributed by atoms with Crippen LogP contribution in [0.3, 0.4) is 0 Å². The maximum atomic E-state index is 12.7. The number of nitrogens with two attached hydrogens (primary N) is 1. The summed E-state index contributed by atoms with van der Waals surface area (Å²) in [5, 5.41) is 3.61. The fraction of sp³-hybridized carbons (Fsp3) is 0.625. The number of fused-ring (bicyclic) bond motifs is 1. The Hall–Kier alpha value is -1.61. The Morgan fingerprint density at radius 2 is 2.16 bits per heavy atom. The van der Waals surface area contributed by atoms with Gasteiger partial charge in [-0.25, -0.2) is 4.98 Å². The molecule has 1 saturated carbocycles. The second-order valence-electron chi connectivity index (χ2n) is 7.20. The topological polar surface area (TPSA) is 67.1 Å². The third-order valence-electron chi connectivity index (χ3n) is 5.11. The van der Waals surface area contributed by atoms with Crippen LogP contribution in [0.25, 0.3) is 10.2 Å². The van der Waals surface area contributed by atoms with E-state index >= 15 is 0 Å². The number of halogens is 3. The van der Waals surface area contributed by atoms with Crippen LogP contribution in [0.2, 0.25) is 0 Å². The molecular weight excluding hydrogens is 351 g/mol. The molecule has 5 nitrogen and oxygen atoms in total. The maximum Gasteiger partial charge on any atom is 0.393 e. The zero-order valence-corrected chi connectivity index (χ0v) is 14.7. The van der Waals surface area contributed by atoms with Crippen molar-refractivity contribution in [3.05, 3.63) is 10.9 Å². The molecule has 136 valence electrons. The third kappa shape index (κ3) is 3.15. The highest BCUT2D eigenvalue weighted by atomic mass is 32.1. The smallest absolute Gasteiger partial charge is 0.357 e. The molecule has 1 aliphatic heterocycles. The molecule has 3 N–H and O–H groups in total. The molecule has 1 atom stereocenters. The van der Waals surface area contributed by atoms with Crippen molar-refractivity contribution in [2.45, 2.75) is 37.9 Å². The summed E-state index contributed by atoms with van der Waals surface area (Å²) in [5.41, 5.74) is 6.29. The number of alkyl halides is 3. The normalized spacial score (nSPS) is 22.6. The van der Waals surface area contributed by atoms with Crippen molar-refractivity contribution in [3.8, 4) is 0 Å². The van der Waals surface area contributed by atoms with Crippen molar-refractivity contribution in [2.24, 2.45) is 11.1 Å². The molecule has 4 rings (SSSR count). The van der Waals surface area contributed by atoms with E-state index in [0.717, 1.165) is 49.5 Å². The Balaban J connectivity index is 1.65. The van der Waals surface area contributed by atoms with Crippen LogP contribution in [-0.4, -0.2) is 42.3 Å². The van der Waals surface area contributed by atoms with E-state index in [1.807, 2.05) is 0 Å². The zero-order valence-electron chi connectivity index (χ0n) is 13.9. The monoisotopic (exact) mass is 371 g/mol. The summed E-state index contributed by atoms with van der Waals surface area (Å²) in [6.07, 6.45) is -1.98. The lowest BCUT2D eigenvalue weighted by atomic mass is 9.78. The molecule has 0 aromatic carbocycles. The van der Waals surface area contributed by atoms with Crippen LogP contribution in [0.5, 0.6) is 0 Å². The van der Waals surface area contributed by atoms with Crippen LogP contribution >= 0.6 is 11.3 Å². The fourth-order valence-electron chi connectivity index (χ4n) is 4.05. The molecule has 25 heavy (non-hydrogen) atoms. The predicted molar refractivity (Wildman–Crippen MR) is 93.2 cm³/mol.